The summed E-state index contributed by atoms with van der Waals surface area (Å²) in [6, 6.07) is 4.54. The van der Waals surface area contributed by atoms with Crippen molar-refractivity contribution in [1.82, 2.24) is 20.2 Å². The van der Waals surface area contributed by atoms with E-state index in [4.69, 9.17) is 0 Å². The molecule has 0 amide bonds. The number of halogens is 3. The number of rotatable bonds is 6. The number of nitrogens with one attached hydrogen (secondary N) is 2. The fourth-order valence-corrected chi connectivity index (χ4v) is 3.79. The van der Waals surface area contributed by atoms with Crippen LogP contribution in [0.15, 0.2) is 34.9 Å². The summed E-state index contributed by atoms with van der Waals surface area (Å²) in [6.07, 6.45) is 4.66. The molecule has 1 fully saturated rings. The van der Waals surface area contributed by atoms with Crippen LogP contribution in [0, 0.1) is 0 Å². The van der Waals surface area contributed by atoms with Crippen molar-refractivity contribution in [1.29, 1.82) is 0 Å². The normalized spacial score (nSPS) is 15.7. The highest BCUT2D eigenvalue weighted by Crippen LogP contribution is 2.24. The van der Waals surface area contributed by atoms with Crippen LogP contribution in [-0.4, -0.2) is 41.2 Å². The van der Waals surface area contributed by atoms with Gasteiger partial charge in [-0.25, -0.2) is 9.98 Å². The number of thiophene rings is 1. The lowest BCUT2D eigenvalue weighted by Crippen LogP contribution is -2.48. The van der Waals surface area contributed by atoms with E-state index in [9.17, 15) is 8.78 Å². The summed E-state index contributed by atoms with van der Waals surface area (Å²) in [5.74, 6) is 0.899. The molecule has 0 saturated carbocycles. The molecule has 3 heterocycles. The summed E-state index contributed by atoms with van der Waals surface area (Å²) >= 11 is 1.76. The zero-order valence-corrected chi connectivity index (χ0v) is 18.3. The number of aromatic nitrogens is 2. The number of hydrogen-bond acceptors (Lipinski definition) is 4. The lowest BCUT2D eigenvalue weighted by Gasteiger charge is -2.33. The Balaban J connectivity index is 0.00000261. The number of guanidine groups is 1. The van der Waals surface area contributed by atoms with Gasteiger partial charge in [-0.2, -0.15) is 8.78 Å². The van der Waals surface area contributed by atoms with Gasteiger partial charge in [-0.1, -0.05) is 0 Å². The fraction of sp³-hybridized carbons (Fsp3) is 0.529. The number of nitrogens with zero attached hydrogens (tertiary/aromatic N) is 4. The summed E-state index contributed by atoms with van der Waals surface area (Å²) in [4.78, 5) is 10.8. The first-order valence-electron chi connectivity index (χ1n) is 8.80. The topological polar surface area (TPSA) is 57.5 Å². The Hall–Kier alpha value is -1.43. The molecule has 2 N–H and O–H groups in total. The highest BCUT2D eigenvalue weighted by Gasteiger charge is 2.20. The molecule has 3 rings (SSSR count). The standard InChI is InChI=1S/C17H24F2N6S.HI/c1-2-20-17(22-12-14-21-7-10-25(14)16(18)19)23-13-5-8-24(9-6-13)15-4-3-11-26-15;/h3-4,7,10-11,13,16H,2,5-6,8-9,12H2,1H3,(H2,20,22,23);1H. The fourth-order valence-electron chi connectivity index (χ4n) is 3.00. The minimum atomic E-state index is -2.60. The van der Waals surface area contributed by atoms with Crippen LogP contribution in [-0.2, 0) is 6.54 Å². The van der Waals surface area contributed by atoms with Crippen LogP contribution < -0.4 is 15.5 Å². The second-order valence-electron chi connectivity index (χ2n) is 6.08. The highest BCUT2D eigenvalue weighted by molar-refractivity contribution is 14.0. The second kappa shape index (κ2) is 10.8. The van der Waals surface area contributed by atoms with Gasteiger partial charge in [0, 0.05) is 38.1 Å². The van der Waals surface area contributed by atoms with Crippen LogP contribution in [0.4, 0.5) is 13.8 Å². The lowest BCUT2D eigenvalue weighted by molar-refractivity contribution is 0.0671. The Labute approximate surface area is 179 Å². The predicted octanol–water partition coefficient (Wildman–Crippen LogP) is 3.68. The van der Waals surface area contributed by atoms with Crippen LogP contribution in [0.2, 0.25) is 0 Å². The first-order chi connectivity index (χ1) is 12.7. The Morgan fingerprint density at radius 1 is 1.41 bits per heavy atom. The molecular formula is C17H25F2IN6S. The van der Waals surface area contributed by atoms with E-state index in [0.29, 0.717) is 18.5 Å². The van der Waals surface area contributed by atoms with Gasteiger partial charge in [0.15, 0.2) is 5.96 Å². The van der Waals surface area contributed by atoms with Crippen molar-refractivity contribution < 1.29 is 8.78 Å². The zero-order chi connectivity index (χ0) is 18.4. The number of aliphatic imine (C=N–C) groups is 1. The second-order valence-corrected chi connectivity index (χ2v) is 7.01. The summed E-state index contributed by atoms with van der Waals surface area (Å²) in [5.41, 5.74) is 0. The number of imidazole rings is 1. The Morgan fingerprint density at radius 2 is 2.19 bits per heavy atom. The highest BCUT2D eigenvalue weighted by atomic mass is 127. The average molecular weight is 510 g/mol. The maximum Gasteiger partial charge on any atom is 0.319 e. The van der Waals surface area contributed by atoms with E-state index in [-0.39, 0.29) is 36.3 Å². The molecule has 6 nitrogen and oxygen atoms in total. The van der Waals surface area contributed by atoms with Crippen molar-refractivity contribution in [2.45, 2.75) is 38.9 Å². The molecule has 1 saturated heterocycles. The third kappa shape index (κ3) is 6.03. The van der Waals surface area contributed by atoms with E-state index in [2.05, 4.69) is 43.0 Å². The quantitative estimate of drug-likeness (QED) is 0.354. The van der Waals surface area contributed by atoms with Crippen molar-refractivity contribution in [2.24, 2.45) is 4.99 Å². The van der Waals surface area contributed by atoms with Gasteiger partial charge in [0.1, 0.15) is 12.4 Å². The molecule has 0 unspecified atom stereocenters. The lowest BCUT2D eigenvalue weighted by atomic mass is 10.1. The number of piperidine rings is 1. The van der Waals surface area contributed by atoms with Crippen LogP contribution >= 0.6 is 35.3 Å². The smallest absolute Gasteiger partial charge is 0.319 e. The van der Waals surface area contributed by atoms with Crippen LogP contribution in [0.25, 0.3) is 0 Å². The van der Waals surface area contributed by atoms with Gasteiger partial charge in [0.05, 0.1) is 5.00 Å². The molecule has 0 atom stereocenters. The van der Waals surface area contributed by atoms with Crippen molar-refractivity contribution in [3.63, 3.8) is 0 Å². The number of alkyl halides is 2. The molecular weight excluding hydrogens is 485 g/mol. The van der Waals surface area contributed by atoms with E-state index >= 15 is 0 Å². The van der Waals surface area contributed by atoms with E-state index in [1.807, 2.05) is 6.92 Å². The molecule has 0 aromatic carbocycles. The third-order valence-corrected chi connectivity index (χ3v) is 5.26. The summed E-state index contributed by atoms with van der Waals surface area (Å²) < 4.78 is 26.6. The average Bonchev–Trinajstić information content (AvgIpc) is 3.32. The number of hydrogen-bond donors (Lipinski definition) is 2. The first kappa shape index (κ1) is 21.9. The molecule has 1 aliphatic rings. The number of anilines is 1. The molecule has 2 aromatic heterocycles. The molecule has 0 aliphatic carbocycles. The van der Waals surface area contributed by atoms with Gasteiger partial charge in [-0.3, -0.25) is 4.57 Å². The minimum Gasteiger partial charge on any atom is -0.363 e. The van der Waals surface area contributed by atoms with Crippen molar-refractivity contribution in [3.8, 4) is 0 Å². The molecule has 0 bridgehead atoms. The Bertz CT molecular complexity index is 698. The van der Waals surface area contributed by atoms with Gasteiger partial charge >= 0.3 is 6.55 Å². The van der Waals surface area contributed by atoms with Gasteiger partial charge in [-0.05, 0) is 37.3 Å². The van der Waals surface area contributed by atoms with Crippen molar-refractivity contribution in [2.75, 3.05) is 24.5 Å². The molecule has 1 aliphatic heterocycles. The van der Waals surface area contributed by atoms with Gasteiger partial charge in [-0.15, -0.1) is 35.3 Å². The maximum atomic E-state index is 12.9. The van der Waals surface area contributed by atoms with E-state index in [1.165, 1.54) is 17.4 Å². The van der Waals surface area contributed by atoms with Gasteiger partial charge in [0.25, 0.3) is 0 Å². The molecule has 27 heavy (non-hydrogen) atoms. The van der Waals surface area contributed by atoms with E-state index in [0.717, 1.165) is 30.5 Å². The van der Waals surface area contributed by atoms with Crippen LogP contribution in [0.1, 0.15) is 32.1 Å². The van der Waals surface area contributed by atoms with Crippen molar-refractivity contribution in [3.05, 3.63) is 35.7 Å². The summed E-state index contributed by atoms with van der Waals surface area (Å²) in [7, 11) is 0. The SMILES string of the molecule is CCNC(=NCc1nccn1C(F)F)NC1CCN(c2cccs2)CC1.I. The van der Waals surface area contributed by atoms with Crippen molar-refractivity contribution >= 4 is 46.3 Å². The summed E-state index contributed by atoms with van der Waals surface area (Å²) in [6.45, 7) is 2.20. The van der Waals surface area contributed by atoms with Crippen LogP contribution in [0.3, 0.4) is 0 Å². The largest absolute Gasteiger partial charge is 0.363 e. The molecule has 150 valence electrons. The van der Waals surface area contributed by atoms with Gasteiger partial charge in [0.2, 0.25) is 0 Å². The molecule has 10 heteroatoms. The van der Waals surface area contributed by atoms with Crippen LogP contribution in [0.5, 0.6) is 0 Å². The molecule has 0 spiro atoms. The predicted molar refractivity (Wildman–Crippen MR) is 116 cm³/mol. The maximum absolute atomic E-state index is 12.9. The zero-order valence-electron chi connectivity index (χ0n) is 15.1. The third-order valence-electron chi connectivity index (χ3n) is 4.34. The summed E-state index contributed by atoms with van der Waals surface area (Å²) in [5, 5.41) is 10.0. The van der Waals surface area contributed by atoms with E-state index in [1.54, 1.807) is 11.3 Å². The first-order valence-corrected chi connectivity index (χ1v) is 9.68. The monoisotopic (exact) mass is 510 g/mol. The van der Waals surface area contributed by atoms with Gasteiger partial charge < -0.3 is 15.5 Å². The Morgan fingerprint density at radius 3 is 2.81 bits per heavy atom. The minimum absolute atomic E-state index is 0. The Kier molecular flexibility index (Phi) is 8.74. The van der Waals surface area contributed by atoms with E-state index < -0.39 is 6.55 Å². The molecule has 0 radical (unpaired) electrons. The molecule has 2 aromatic rings.